The molecule has 0 atom stereocenters. The molecule has 4 heteroatoms. The van der Waals surface area contributed by atoms with Crippen molar-refractivity contribution in [3.05, 3.63) is 65.7 Å². The van der Waals surface area contributed by atoms with Crippen LogP contribution in [0.5, 0.6) is 0 Å². The maximum absolute atomic E-state index is 8.31. The van der Waals surface area contributed by atoms with Gasteiger partial charge in [-0.1, -0.05) is 54.6 Å². The average Bonchev–Trinajstić information content (AvgIpc) is 2.76. The molecule has 0 saturated carbocycles. The molecule has 3 rings (SSSR count). The zero-order valence-electron chi connectivity index (χ0n) is 14.8. The molecule has 1 saturated heterocycles. The van der Waals surface area contributed by atoms with Crippen molar-refractivity contribution in [1.29, 1.82) is 5.41 Å². The van der Waals surface area contributed by atoms with Crippen LogP contribution in [-0.4, -0.2) is 24.0 Å². The van der Waals surface area contributed by atoms with Crippen molar-refractivity contribution in [3.8, 4) is 0 Å². The van der Waals surface area contributed by atoms with Crippen molar-refractivity contribution < 1.29 is 9.31 Å². The van der Waals surface area contributed by atoms with Gasteiger partial charge in [-0.25, -0.2) is 0 Å². The van der Waals surface area contributed by atoms with Gasteiger partial charge in [0.1, 0.15) is 0 Å². The van der Waals surface area contributed by atoms with Gasteiger partial charge in [-0.3, -0.25) is 0 Å². The average molecular weight is 321 g/mol. The normalized spacial score (nSPS) is 18.6. The summed E-state index contributed by atoms with van der Waals surface area (Å²) in [6, 6.07) is 18.0. The summed E-state index contributed by atoms with van der Waals surface area (Å²) >= 11 is 0. The third-order valence-electron chi connectivity index (χ3n) is 5.01. The monoisotopic (exact) mass is 321 g/mol. The topological polar surface area (TPSA) is 42.3 Å². The number of benzene rings is 2. The van der Waals surface area contributed by atoms with Gasteiger partial charge in [0.15, 0.2) is 0 Å². The molecule has 0 amide bonds. The van der Waals surface area contributed by atoms with Crippen LogP contribution in [0.25, 0.3) is 0 Å². The van der Waals surface area contributed by atoms with E-state index in [1.807, 2.05) is 54.6 Å². The Morgan fingerprint density at radius 1 is 0.875 bits per heavy atom. The van der Waals surface area contributed by atoms with Crippen LogP contribution in [0.3, 0.4) is 0 Å². The molecule has 0 aromatic heterocycles. The summed E-state index contributed by atoms with van der Waals surface area (Å²) in [5.41, 5.74) is 3.01. The highest BCUT2D eigenvalue weighted by Crippen LogP contribution is 2.36. The van der Waals surface area contributed by atoms with Gasteiger partial charge < -0.3 is 14.7 Å². The Bertz CT molecular complexity index is 707. The van der Waals surface area contributed by atoms with Crippen molar-refractivity contribution in [2.24, 2.45) is 0 Å². The minimum absolute atomic E-state index is 0.337. The van der Waals surface area contributed by atoms with E-state index in [4.69, 9.17) is 14.7 Å². The molecule has 124 valence electrons. The van der Waals surface area contributed by atoms with E-state index in [0.29, 0.717) is 12.1 Å². The maximum Gasteiger partial charge on any atom is 0.494 e. The van der Waals surface area contributed by atoms with Crippen molar-refractivity contribution in [2.45, 2.75) is 45.3 Å². The molecule has 0 unspecified atom stereocenters. The molecule has 3 nitrogen and oxygen atoms in total. The first-order valence-electron chi connectivity index (χ1n) is 8.36. The summed E-state index contributed by atoms with van der Waals surface area (Å²) in [5.74, 6) is 0. The molecule has 1 aliphatic heterocycles. The van der Waals surface area contributed by atoms with E-state index in [1.54, 1.807) is 0 Å². The van der Waals surface area contributed by atoms with Crippen molar-refractivity contribution >= 4 is 18.3 Å². The second-order valence-corrected chi connectivity index (χ2v) is 7.35. The predicted octanol–water partition coefficient (Wildman–Crippen LogP) is 3.60. The number of rotatable bonds is 4. The summed E-state index contributed by atoms with van der Waals surface area (Å²) in [5, 5.41) is 8.31. The van der Waals surface area contributed by atoms with Crippen LogP contribution in [0.1, 0.15) is 38.8 Å². The second kappa shape index (κ2) is 6.19. The SMILES string of the molecule is CC1(C)OB(c2ccc(C(=N)Cc3ccccc3)cc2)OC1(C)C. The van der Waals surface area contributed by atoms with Gasteiger partial charge in [0.25, 0.3) is 0 Å². The van der Waals surface area contributed by atoms with E-state index in [2.05, 4.69) is 27.7 Å². The highest BCUT2D eigenvalue weighted by molar-refractivity contribution is 6.62. The maximum atomic E-state index is 8.31. The van der Waals surface area contributed by atoms with E-state index in [1.165, 1.54) is 0 Å². The fourth-order valence-electron chi connectivity index (χ4n) is 2.72. The van der Waals surface area contributed by atoms with Crippen LogP contribution in [0.2, 0.25) is 0 Å². The Hall–Kier alpha value is -1.91. The van der Waals surface area contributed by atoms with E-state index in [0.717, 1.165) is 16.6 Å². The lowest BCUT2D eigenvalue weighted by atomic mass is 9.78. The molecule has 0 bridgehead atoms. The molecule has 1 heterocycles. The van der Waals surface area contributed by atoms with Gasteiger partial charge in [0, 0.05) is 12.1 Å². The van der Waals surface area contributed by atoms with Gasteiger partial charge >= 0.3 is 7.12 Å². The summed E-state index contributed by atoms with van der Waals surface area (Å²) in [6.45, 7) is 8.21. The summed E-state index contributed by atoms with van der Waals surface area (Å²) in [6.07, 6.45) is 0.636. The van der Waals surface area contributed by atoms with E-state index >= 15 is 0 Å². The Kier molecular flexibility index (Phi) is 4.37. The fourth-order valence-corrected chi connectivity index (χ4v) is 2.72. The van der Waals surface area contributed by atoms with Crippen LogP contribution >= 0.6 is 0 Å². The Labute approximate surface area is 144 Å². The number of hydrogen-bond acceptors (Lipinski definition) is 3. The first kappa shape index (κ1) is 16.9. The van der Waals surface area contributed by atoms with Gasteiger partial charge in [-0.05, 0) is 44.3 Å². The third-order valence-corrected chi connectivity index (χ3v) is 5.01. The zero-order valence-corrected chi connectivity index (χ0v) is 14.8. The molecule has 0 radical (unpaired) electrons. The van der Waals surface area contributed by atoms with Gasteiger partial charge in [-0.2, -0.15) is 0 Å². The highest BCUT2D eigenvalue weighted by atomic mass is 16.7. The smallest absolute Gasteiger partial charge is 0.399 e. The first-order chi connectivity index (χ1) is 11.3. The molecular formula is C20H24BNO2. The number of hydrogen-bond donors (Lipinski definition) is 1. The lowest BCUT2D eigenvalue weighted by Crippen LogP contribution is -2.41. The zero-order chi connectivity index (χ0) is 17.4. The van der Waals surface area contributed by atoms with Crippen molar-refractivity contribution in [2.75, 3.05) is 0 Å². The lowest BCUT2D eigenvalue weighted by Gasteiger charge is -2.32. The second-order valence-electron chi connectivity index (χ2n) is 7.35. The standard InChI is InChI=1S/C20H24BNO2/c1-19(2)20(3,4)24-21(23-19)17-12-10-16(11-13-17)18(22)14-15-8-6-5-7-9-15/h5-13,22H,14H2,1-4H3. The molecule has 24 heavy (non-hydrogen) atoms. The minimum atomic E-state index is -0.354. The van der Waals surface area contributed by atoms with E-state index in [-0.39, 0.29) is 18.3 Å². The van der Waals surface area contributed by atoms with Gasteiger partial charge in [0.2, 0.25) is 0 Å². The molecule has 1 N–H and O–H groups in total. The molecule has 0 spiro atoms. The molecule has 1 aliphatic rings. The molecule has 0 aliphatic carbocycles. The quantitative estimate of drug-likeness (QED) is 0.691. The van der Waals surface area contributed by atoms with E-state index < -0.39 is 0 Å². The number of nitrogens with one attached hydrogen (secondary N) is 1. The first-order valence-corrected chi connectivity index (χ1v) is 8.36. The van der Waals surface area contributed by atoms with Crippen molar-refractivity contribution in [3.63, 3.8) is 0 Å². The molecule has 2 aromatic rings. The van der Waals surface area contributed by atoms with Crippen LogP contribution < -0.4 is 5.46 Å². The Balaban J connectivity index is 1.71. The molecular weight excluding hydrogens is 297 g/mol. The van der Waals surface area contributed by atoms with Crippen LogP contribution in [-0.2, 0) is 15.7 Å². The fraction of sp³-hybridized carbons (Fsp3) is 0.350. The van der Waals surface area contributed by atoms with E-state index in [9.17, 15) is 0 Å². The van der Waals surface area contributed by atoms with Crippen LogP contribution in [0.4, 0.5) is 0 Å². The Morgan fingerprint density at radius 2 is 1.42 bits per heavy atom. The van der Waals surface area contributed by atoms with Crippen LogP contribution in [0, 0.1) is 5.41 Å². The van der Waals surface area contributed by atoms with Crippen molar-refractivity contribution in [1.82, 2.24) is 0 Å². The van der Waals surface area contributed by atoms with Crippen LogP contribution in [0.15, 0.2) is 54.6 Å². The highest BCUT2D eigenvalue weighted by Gasteiger charge is 2.51. The molecule has 2 aromatic carbocycles. The Morgan fingerprint density at radius 3 is 1.96 bits per heavy atom. The minimum Gasteiger partial charge on any atom is -0.399 e. The summed E-state index contributed by atoms with van der Waals surface area (Å²) in [4.78, 5) is 0. The largest absolute Gasteiger partial charge is 0.494 e. The lowest BCUT2D eigenvalue weighted by molar-refractivity contribution is 0.00578. The van der Waals surface area contributed by atoms with Gasteiger partial charge in [-0.15, -0.1) is 0 Å². The molecule has 1 fully saturated rings. The third kappa shape index (κ3) is 3.30. The summed E-state index contributed by atoms with van der Waals surface area (Å²) in [7, 11) is -0.354. The van der Waals surface area contributed by atoms with Gasteiger partial charge in [0.05, 0.1) is 11.2 Å². The summed E-state index contributed by atoms with van der Waals surface area (Å²) < 4.78 is 12.1. The predicted molar refractivity (Wildman–Crippen MR) is 99.1 cm³/mol.